The monoisotopic (exact) mass is 437 g/mol. The molecule has 2 aromatic heterocycles. The predicted octanol–water partition coefficient (Wildman–Crippen LogP) is 3.65. The lowest BCUT2D eigenvalue weighted by molar-refractivity contribution is 0.135. The summed E-state index contributed by atoms with van der Waals surface area (Å²) in [5.74, 6) is 0.720. The van der Waals surface area contributed by atoms with Gasteiger partial charge in [0, 0.05) is 23.2 Å². The number of anilines is 1. The lowest BCUT2D eigenvalue weighted by atomic mass is 10.0. The Morgan fingerprint density at radius 1 is 1.19 bits per heavy atom. The zero-order valence-corrected chi connectivity index (χ0v) is 18.3. The summed E-state index contributed by atoms with van der Waals surface area (Å²) in [6.07, 6.45) is 6.47. The molecule has 31 heavy (non-hydrogen) atoms. The highest BCUT2D eigenvalue weighted by Gasteiger charge is 2.25. The van der Waals surface area contributed by atoms with Crippen molar-refractivity contribution in [3.05, 3.63) is 57.0 Å². The zero-order valence-electron chi connectivity index (χ0n) is 17.4. The molecular weight excluding hydrogens is 410 g/mol. The van der Waals surface area contributed by atoms with Crippen LogP contribution in [0.4, 0.5) is 10.5 Å². The van der Waals surface area contributed by atoms with E-state index in [1.807, 2.05) is 30.3 Å². The Kier molecular flexibility index (Phi) is 5.74. The van der Waals surface area contributed by atoms with Crippen LogP contribution in [0, 0.1) is 0 Å². The molecule has 1 aliphatic heterocycles. The number of benzene rings is 1. The van der Waals surface area contributed by atoms with Crippen molar-refractivity contribution in [3.63, 3.8) is 0 Å². The van der Waals surface area contributed by atoms with Crippen LogP contribution in [0.15, 0.2) is 35.1 Å². The van der Waals surface area contributed by atoms with E-state index in [4.69, 9.17) is 4.98 Å². The molecule has 1 unspecified atom stereocenters. The number of urea groups is 1. The van der Waals surface area contributed by atoms with Crippen LogP contribution in [0.25, 0.3) is 10.2 Å². The van der Waals surface area contributed by atoms with Crippen LogP contribution in [0.3, 0.4) is 0 Å². The number of piperidine rings is 1. The number of nitrogens with zero attached hydrogens (tertiary/aromatic N) is 2. The number of para-hydroxylation sites is 1. The molecule has 3 aromatic rings. The maximum Gasteiger partial charge on any atom is 0.319 e. The van der Waals surface area contributed by atoms with Gasteiger partial charge in [-0.2, -0.15) is 0 Å². The van der Waals surface area contributed by atoms with Crippen LogP contribution >= 0.6 is 11.3 Å². The van der Waals surface area contributed by atoms with E-state index in [0.29, 0.717) is 13.1 Å². The quantitative estimate of drug-likeness (QED) is 0.568. The number of aromatic nitrogens is 2. The van der Waals surface area contributed by atoms with Gasteiger partial charge in [-0.05, 0) is 56.3 Å². The average Bonchev–Trinajstić information content (AvgIpc) is 3.35. The highest BCUT2D eigenvalue weighted by molar-refractivity contribution is 7.18. The number of amides is 2. The summed E-state index contributed by atoms with van der Waals surface area (Å²) >= 11 is 1.68. The maximum atomic E-state index is 12.8. The second-order valence-electron chi connectivity index (χ2n) is 8.37. The molecule has 3 heterocycles. The third-order valence-electron chi connectivity index (χ3n) is 6.26. The number of hydrogen-bond donors (Lipinski definition) is 3. The van der Waals surface area contributed by atoms with Crippen molar-refractivity contribution in [2.45, 2.75) is 51.1 Å². The first-order chi connectivity index (χ1) is 15.2. The van der Waals surface area contributed by atoms with Gasteiger partial charge >= 0.3 is 6.03 Å². The minimum absolute atomic E-state index is 0.00618. The summed E-state index contributed by atoms with van der Waals surface area (Å²) in [7, 11) is 0. The molecule has 1 atom stereocenters. The largest absolute Gasteiger partial charge is 0.336 e. The van der Waals surface area contributed by atoms with Crippen LogP contribution in [-0.2, 0) is 19.4 Å². The molecule has 8 heteroatoms. The summed E-state index contributed by atoms with van der Waals surface area (Å²) in [5, 5.41) is 6.67. The van der Waals surface area contributed by atoms with Crippen LogP contribution in [0.1, 0.15) is 41.9 Å². The third kappa shape index (κ3) is 4.36. The Morgan fingerprint density at radius 2 is 2.06 bits per heavy atom. The fourth-order valence-corrected chi connectivity index (χ4v) is 6.00. The standard InChI is InChI=1S/C23H27N5O2S/c29-21-20-17-10-6-11-18(17)31-22(20)27-19(26-21)14-28-12-5-4-9-16(28)13-24-23(30)25-15-7-2-1-3-8-15/h1-3,7-8,16H,4-6,9-14H2,(H2,24,25,30)(H,26,27,29). The van der Waals surface area contributed by atoms with E-state index in [9.17, 15) is 9.59 Å². The Hall–Kier alpha value is -2.71. The smallest absolute Gasteiger partial charge is 0.319 e. The number of H-pyrrole nitrogens is 1. The van der Waals surface area contributed by atoms with Gasteiger partial charge in [0.2, 0.25) is 0 Å². The minimum atomic E-state index is -0.197. The first kappa shape index (κ1) is 20.2. The van der Waals surface area contributed by atoms with Gasteiger partial charge in [0.15, 0.2) is 0 Å². The molecule has 0 bridgehead atoms. The molecule has 3 N–H and O–H groups in total. The predicted molar refractivity (Wildman–Crippen MR) is 124 cm³/mol. The molecule has 1 aliphatic carbocycles. The number of carbonyl (C=O) groups is 1. The van der Waals surface area contributed by atoms with Crippen molar-refractivity contribution in [1.29, 1.82) is 0 Å². The fraction of sp³-hybridized carbons (Fsp3) is 0.435. The van der Waals surface area contributed by atoms with E-state index in [-0.39, 0.29) is 17.6 Å². The van der Waals surface area contributed by atoms with Gasteiger partial charge in [-0.15, -0.1) is 11.3 Å². The van der Waals surface area contributed by atoms with Gasteiger partial charge in [0.05, 0.1) is 11.9 Å². The van der Waals surface area contributed by atoms with Crippen molar-refractivity contribution in [2.24, 2.45) is 0 Å². The van der Waals surface area contributed by atoms with Crippen molar-refractivity contribution in [2.75, 3.05) is 18.4 Å². The van der Waals surface area contributed by atoms with E-state index in [1.165, 1.54) is 10.4 Å². The number of nitrogens with one attached hydrogen (secondary N) is 3. The fourth-order valence-electron chi connectivity index (χ4n) is 4.72. The summed E-state index contributed by atoms with van der Waals surface area (Å²) < 4.78 is 0. The first-order valence-corrected chi connectivity index (χ1v) is 11.9. The van der Waals surface area contributed by atoms with Crippen molar-refractivity contribution >= 4 is 33.3 Å². The Bertz CT molecular complexity index is 1140. The van der Waals surface area contributed by atoms with Crippen LogP contribution in [-0.4, -0.2) is 40.0 Å². The van der Waals surface area contributed by atoms with Gasteiger partial charge in [-0.3, -0.25) is 9.69 Å². The average molecular weight is 438 g/mol. The molecule has 1 saturated heterocycles. The lowest BCUT2D eigenvalue weighted by Crippen LogP contribution is -2.47. The normalized spacial score (nSPS) is 18.8. The molecule has 2 aliphatic rings. The second kappa shape index (κ2) is 8.80. The zero-order chi connectivity index (χ0) is 21.2. The highest BCUT2D eigenvalue weighted by Crippen LogP contribution is 2.34. The number of fused-ring (bicyclic) bond motifs is 3. The molecule has 5 rings (SSSR count). The lowest BCUT2D eigenvalue weighted by Gasteiger charge is -2.35. The molecule has 0 radical (unpaired) electrons. The van der Waals surface area contributed by atoms with Gasteiger partial charge in [0.25, 0.3) is 5.56 Å². The molecule has 1 aromatic carbocycles. The van der Waals surface area contributed by atoms with E-state index in [0.717, 1.165) is 66.8 Å². The summed E-state index contributed by atoms with van der Waals surface area (Å²) in [6.45, 7) is 2.11. The van der Waals surface area contributed by atoms with Gasteiger partial charge < -0.3 is 15.6 Å². The van der Waals surface area contributed by atoms with Crippen molar-refractivity contribution in [1.82, 2.24) is 20.2 Å². The Labute approximate surface area is 184 Å². The SMILES string of the molecule is O=C(NCC1CCCCN1Cc1nc2sc3c(c2c(=O)[nH]1)CCC3)Nc1ccccc1. The number of aryl methyl sites for hydroxylation is 2. The third-order valence-corrected chi connectivity index (χ3v) is 7.44. The summed E-state index contributed by atoms with van der Waals surface area (Å²) in [4.78, 5) is 37.4. The van der Waals surface area contributed by atoms with E-state index < -0.39 is 0 Å². The molecule has 1 fully saturated rings. The number of rotatable bonds is 5. The molecule has 2 amide bonds. The van der Waals surface area contributed by atoms with Gasteiger partial charge in [-0.1, -0.05) is 24.6 Å². The van der Waals surface area contributed by atoms with Crippen LogP contribution < -0.4 is 16.2 Å². The molecule has 162 valence electrons. The minimum Gasteiger partial charge on any atom is -0.336 e. The summed E-state index contributed by atoms with van der Waals surface area (Å²) in [6, 6.07) is 9.47. The highest BCUT2D eigenvalue weighted by atomic mass is 32.1. The number of aromatic amines is 1. The molecule has 0 saturated carbocycles. The summed E-state index contributed by atoms with van der Waals surface area (Å²) in [5.41, 5.74) is 1.98. The number of hydrogen-bond acceptors (Lipinski definition) is 5. The van der Waals surface area contributed by atoms with E-state index >= 15 is 0 Å². The number of carbonyl (C=O) groups excluding carboxylic acids is 1. The molecule has 7 nitrogen and oxygen atoms in total. The first-order valence-electron chi connectivity index (χ1n) is 11.0. The maximum absolute atomic E-state index is 12.8. The molecular formula is C23H27N5O2S. The molecule has 0 spiro atoms. The van der Waals surface area contributed by atoms with Crippen molar-refractivity contribution in [3.8, 4) is 0 Å². The van der Waals surface area contributed by atoms with E-state index in [2.05, 4.69) is 20.5 Å². The van der Waals surface area contributed by atoms with Crippen molar-refractivity contribution < 1.29 is 4.79 Å². The van der Waals surface area contributed by atoms with Crippen LogP contribution in [0.2, 0.25) is 0 Å². The van der Waals surface area contributed by atoms with Gasteiger partial charge in [-0.25, -0.2) is 9.78 Å². The topological polar surface area (TPSA) is 90.1 Å². The second-order valence-corrected chi connectivity index (χ2v) is 9.45. The number of likely N-dealkylation sites (tertiary alicyclic amines) is 1. The van der Waals surface area contributed by atoms with Gasteiger partial charge in [0.1, 0.15) is 10.7 Å². The van der Waals surface area contributed by atoms with E-state index in [1.54, 1.807) is 11.3 Å². The Balaban J connectivity index is 1.25. The Morgan fingerprint density at radius 3 is 2.94 bits per heavy atom. The number of thiophene rings is 1. The van der Waals surface area contributed by atoms with Crippen LogP contribution in [0.5, 0.6) is 0 Å².